The highest BCUT2D eigenvalue weighted by molar-refractivity contribution is 5.01. The molecule has 2 heteroatoms. The predicted molar refractivity (Wildman–Crippen MR) is 83.2 cm³/mol. The third kappa shape index (κ3) is 3.52. The summed E-state index contributed by atoms with van der Waals surface area (Å²) in [5.74, 6) is 0.370. The van der Waals surface area contributed by atoms with E-state index in [0.29, 0.717) is 12.8 Å². The molecule has 0 rings (SSSR count). The highest BCUT2D eigenvalue weighted by atomic mass is 16.3. The molecule has 0 aliphatic carbocycles. The first-order valence-electron chi connectivity index (χ1n) is 8.22. The average Bonchev–Trinajstić information content (AvgIpc) is 2.45. The van der Waals surface area contributed by atoms with Crippen LogP contribution in [0.3, 0.4) is 0 Å². The lowest BCUT2D eigenvalue weighted by atomic mass is 9.62. The van der Waals surface area contributed by atoms with Crippen molar-refractivity contribution >= 4 is 0 Å². The molecule has 19 heavy (non-hydrogen) atoms. The van der Waals surface area contributed by atoms with Gasteiger partial charge in [-0.05, 0) is 31.1 Å². The standard InChI is InChI=1S/C17H36O2/c1-8-13(6)16(18,11-4)15(10-3)17(19,12-5)14(7)9-2/h13-15,18-19H,8-12H2,1-7H3. The third-order valence-corrected chi connectivity index (χ3v) is 5.68. The van der Waals surface area contributed by atoms with Gasteiger partial charge in [0.15, 0.2) is 0 Å². The van der Waals surface area contributed by atoms with Crippen molar-refractivity contribution in [3.05, 3.63) is 0 Å². The van der Waals surface area contributed by atoms with Gasteiger partial charge in [0, 0.05) is 5.92 Å². The van der Waals surface area contributed by atoms with E-state index in [1.165, 1.54) is 0 Å². The van der Waals surface area contributed by atoms with Crippen molar-refractivity contribution in [1.29, 1.82) is 0 Å². The van der Waals surface area contributed by atoms with E-state index in [1.807, 2.05) is 13.8 Å². The summed E-state index contributed by atoms with van der Waals surface area (Å²) in [6.45, 7) is 14.6. The third-order valence-electron chi connectivity index (χ3n) is 5.68. The molecular formula is C17H36O2. The molecule has 0 heterocycles. The summed E-state index contributed by atoms with van der Waals surface area (Å²) in [6, 6.07) is 0. The van der Waals surface area contributed by atoms with Gasteiger partial charge in [-0.2, -0.15) is 0 Å². The molecule has 2 nitrogen and oxygen atoms in total. The van der Waals surface area contributed by atoms with Gasteiger partial charge in [-0.3, -0.25) is 0 Å². The Hall–Kier alpha value is -0.0800. The summed E-state index contributed by atoms with van der Waals surface area (Å²) in [5.41, 5.74) is -1.53. The molecule has 4 atom stereocenters. The zero-order valence-corrected chi connectivity index (χ0v) is 14.2. The molecule has 0 saturated carbocycles. The van der Waals surface area contributed by atoms with Gasteiger partial charge in [0.05, 0.1) is 11.2 Å². The lowest BCUT2D eigenvalue weighted by Gasteiger charge is -2.50. The van der Waals surface area contributed by atoms with E-state index in [0.717, 1.165) is 19.3 Å². The van der Waals surface area contributed by atoms with Crippen LogP contribution in [0.2, 0.25) is 0 Å². The van der Waals surface area contributed by atoms with E-state index in [-0.39, 0.29) is 17.8 Å². The Morgan fingerprint density at radius 3 is 1.16 bits per heavy atom. The first-order valence-corrected chi connectivity index (χ1v) is 8.22. The summed E-state index contributed by atoms with van der Waals surface area (Å²) in [6.07, 6.45) is 4.13. The Morgan fingerprint density at radius 1 is 0.684 bits per heavy atom. The number of hydrogen-bond donors (Lipinski definition) is 2. The second-order valence-electron chi connectivity index (χ2n) is 6.27. The molecule has 0 aliphatic heterocycles. The maximum Gasteiger partial charge on any atom is 0.0725 e. The Morgan fingerprint density at radius 2 is 1.00 bits per heavy atom. The maximum absolute atomic E-state index is 11.2. The first kappa shape index (κ1) is 18.9. The molecule has 116 valence electrons. The van der Waals surface area contributed by atoms with Crippen LogP contribution in [0, 0.1) is 17.8 Å². The smallest absolute Gasteiger partial charge is 0.0725 e. The van der Waals surface area contributed by atoms with E-state index in [9.17, 15) is 10.2 Å². The van der Waals surface area contributed by atoms with E-state index in [2.05, 4.69) is 34.6 Å². The van der Waals surface area contributed by atoms with E-state index < -0.39 is 11.2 Å². The fourth-order valence-electron chi connectivity index (χ4n) is 3.72. The molecule has 4 unspecified atom stereocenters. The lowest BCUT2D eigenvalue weighted by molar-refractivity contribution is -0.175. The van der Waals surface area contributed by atoms with E-state index in [1.54, 1.807) is 0 Å². The lowest BCUT2D eigenvalue weighted by Crippen LogP contribution is -2.57. The molecule has 0 aromatic rings. The van der Waals surface area contributed by atoms with E-state index >= 15 is 0 Å². The maximum atomic E-state index is 11.2. The van der Waals surface area contributed by atoms with Crippen LogP contribution >= 0.6 is 0 Å². The van der Waals surface area contributed by atoms with Crippen LogP contribution in [0.25, 0.3) is 0 Å². The van der Waals surface area contributed by atoms with Gasteiger partial charge in [0.2, 0.25) is 0 Å². The number of aliphatic hydroxyl groups is 2. The molecule has 0 fully saturated rings. The Kier molecular flexibility index (Phi) is 7.60. The number of rotatable bonds is 9. The Balaban J connectivity index is 5.58. The van der Waals surface area contributed by atoms with Crippen molar-refractivity contribution < 1.29 is 10.2 Å². The molecule has 2 N–H and O–H groups in total. The molecule has 0 aliphatic rings. The van der Waals surface area contributed by atoms with Gasteiger partial charge < -0.3 is 10.2 Å². The largest absolute Gasteiger partial charge is 0.389 e. The van der Waals surface area contributed by atoms with Crippen molar-refractivity contribution in [3.8, 4) is 0 Å². The predicted octanol–water partition coefficient (Wildman–Crippen LogP) is 4.39. The summed E-state index contributed by atoms with van der Waals surface area (Å²) in [7, 11) is 0. The second-order valence-corrected chi connectivity index (χ2v) is 6.27. The summed E-state index contributed by atoms with van der Waals surface area (Å²) >= 11 is 0. The van der Waals surface area contributed by atoms with Gasteiger partial charge in [0.1, 0.15) is 0 Å². The molecular weight excluding hydrogens is 236 g/mol. The molecule has 0 spiro atoms. The molecule has 0 aromatic heterocycles. The van der Waals surface area contributed by atoms with E-state index in [4.69, 9.17) is 0 Å². The quantitative estimate of drug-likeness (QED) is 0.653. The second kappa shape index (κ2) is 7.64. The minimum Gasteiger partial charge on any atom is -0.389 e. The molecule has 0 aromatic carbocycles. The fourth-order valence-corrected chi connectivity index (χ4v) is 3.72. The topological polar surface area (TPSA) is 40.5 Å². The zero-order valence-electron chi connectivity index (χ0n) is 14.2. The average molecular weight is 272 g/mol. The van der Waals surface area contributed by atoms with Crippen LogP contribution < -0.4 is 0 Å². The normalized spacial score (nSPS) is 23.2. The Labute approximate surface area is 120 Å². The van der Waals surface area contributed by atoms with Crippen molar-refractivity contribution in [3.63, 3.8) is 0 Å². The highest BCUT2D eigenvalue weighted by Gasteiger charge is 2.50. The van der Waals surface area contributed by atoms with Crippen molar-refractivity contribution in [1.82, 2.24) is 0 Å². The molecule has 0 saturated heterocycles. The van der Waals surface area contributed by atoms with Crippen LogP contribution in [-0.2, 0) is 0 Å². The summed E-state index contributed by atoms with van der Waals surface area (Å²) in [5, 5.41) is 22.4. The Bertz CT molecular complexity index is 230. The van der Waals surface area contributed by atoms with Gasteiger partial charge >= 0.3 is 0 Å². The zero-order chi connectivity index (χ0) is 15.3. The molecule has 0 radical (unpaired) electrons. The summed E-state index contributed by atoms with van der Waals surface area (Å²) in [4.78, 5) is 0. The summed E-state index contributed by atoms with van der Waals surface area (Å²) < 4.78 is 0. The van der Waals surface area contributed by atoms with Crippen molar-refractivity contribution in [2.45, 2.75) is 91.8 Å². The van der Waals surface area contributed by atoms with Crippen LogP contribution in [0.5, 0.6) is 0 Å². The first-order chi connectivity index (χ1) is 8.78. The minimum absolute atomic E-state index is 0.0556. The molecule has 0 bridgehead atoms. The van der Waals surface area contributed by atoms with Crippen LogP contribution in [-0.4, -0.2) is 21.4 Å². The van der Waals surface area contributed by atoms with Crippen molar-refractivity contribution in [2.24, 2.45) is 17.8 Å². The van der Waals surface area contributed by atoms with Gasteiger partial charge in [-0.1, -0.05) is 61.3 Å². The van der Waals surface area contributed by atoms with Crippen LogP contribution in [0.15, 0.2) is 0 Å². The van der Waals surface area contributed by atoms with Crippen LogP contribution in [0.1, 0.15) is 80.6 Å². The fraction of sp³-hybridized carbons (Fsp3) is 1.00. The van der Waals surface area contributed by atoms with Crippen molar-refractivity contribution in [2.75, 3.05) is 0 Å². The SMILES string of the molecule is CCC(C)C(O)(CC)C(CC)C(O)(CC)C(C)CC. The van der Waals surface area contributed by atoms with Gasteiger partial charge in [-0.15, -0.1) is 0 Å². The highest BCUT2D eigenvalue weighted by Crippen LogP contribution is 2.45. The van der Waals surface area contributed by atoms with Gasteiger partial charge in [0.25, 0.3) is 0 Å². The monoisotopic (exact) mass is 272 g/mol. The number of hydrogen-bond acceptors (Lipinski definition) is 2. The van der Waals surface area contributed by atoms with Crippen LogP contribution in [0.4, 0.5) is 0 Å². The van der Waals surface area contributed by atoms with Gasteiger partial charge in [-0.25, -0.2) is 0 Å². The minimum atomic E-state index is -0.766. The molecule has 0 amide bonds.